The normalized spacial score (nSPS) is 25.0. The zero-order valence-corrected chi connectivity index (χ0v) is 13.3. The number of benzene rings is 2. The molecule has 2 aromatic carbocycles. The van der Waals surface area contributed by atoms with Gasteiger partial charge in [-0.2, -0.15) is 5.26 Å². The molecule has 2 aliphatic heterocycles. The minimum atomic E-state index is -0.963. The molecule has 0 saturated carbocycles. The van der Waals surface area contributed by atoms with Crippen LogP contribution in [0.15, 0.2) is 42.5 Å². The van der Waals surface area contributed by atoms with Crippen LogP contribution >= 0.6 is 0 Å². The molecule has 2 atom stereocenters. The highest BCUT2D eigenvalue weighted by atomic mass is 19.2. The van der Waals surface area contributed by atoms with E-state index in [9.17, 15) is 18.8 Å². The number of para-hydroxylation sites is 1. The van der Waals surface area contributed by atoms with Gasteiger partial charge in [0, 0.05) is 30.9 Å². The lowest BCUT2D eigenvalue weighted by molar-refractivity contribution is -0.121. The second-order valence-corrected chi connectivity index (χ2v) is 6.54. The maximum absolute atomic E-state index is 14.0. The quantitative estimate of drug-likeness (QED) is 0.915. The second-order valence-electron chi connectivity index (χ2n) is 6.54. The Morgan fingerprint density at radius 3 is 2.84 bits per heavy atom. The van der Waals surface area contributed by atoms with Crippen LogP contribution in [0.3, 0.4) is 0 Å². The van der Waals surface area contributed by atoms with Gasteiger partial charge >= 0.3 is 0 Å². The largest absolute Gasteiger partial charge is 0.325 e. The van der Waals surface area contributed by atoms with Gasteiger partial charge in [-0.1, -0.05) is 30.3 Å². The van der Waals surface area contributed by atoms with Crippen LogP contribution in [0.25, 0.3) is 0 Å². The van der Waals surface area contributed by atoms with Gasteiger partial charge in [0.2, 0.25) is 5.91 Å². The van der Waals surface area contributed by atoms with E-state index in [1.165, 1.54) is 12.1 Å². The lowest BCUT2D eigenvalue weighted by atomic mass is 9.74. The van der Waals surface area contributed by atoms with Gasteiger partial charge in [0.05, 0.1) is 12.0 Å². The third kappa shape index (κ3) is 2.24. The predicted molar refractivity (Wildman–Crippen MR) is 87.5 cm³/mol. The van der Waals surface area contributed by atoms with Crippen LogP contribution in [0.1, 0.15) is 11.1 Å². The molecule has 1 N–H and O–H groups in total. The number of halogens is 2. The minimum absolute atomic E-state index is 0.152. The number of nitrogens with zero attached hydrogens (tertiary/aromatic N) is 2. The summed E-state index contributed by atoms with van der Waals surface area (Å²) in [6.45, 7) is 0.775. The molecule has 1 spiro atoms. The lowest BCUT2D eigenvalue weighted by Gasteiger charge is -2.24. The van der Waals surface area contributed by atoms with Crippen molar-refractivity contribution in [2.24, 2.45) is 5.92 Å². The number of hydrogen-bond acceptors (Lipinski definition) is 3. The molecule has 1 saturated heterocycles. The molecule has 2 aromatic rings. The fourth-order valence-electron chi connectivity index (χ4n) is 3.96. The molecular weight excluding hydrogens is 324 g/mol. The van der Waals surface area contributed by atoms with E-state index in [1.54, 1.807) is 0 Å². The standard InChI is InChI=1S/C19H15F2N3O/c20-15-6-3-4-12(17(15)21)9-24-10-13(8-22)19(11-24)14-5-1-2-7-16(14)23-18(19)25/h1-7,13H,9-11H2,(H,23,25). The number of amides is 1. The molecule has 1 amide bonds. The molecular formula is C19H15F2N3O. The number of anilines is 1. The van der Waals surface area contributed by atoms with E-state index in [-0.39, 0.29) is 18.0 Å². The summed E-state index contributed by atoms with van der Waals surface area (Å²) in [5.41, 5.74) is 0.774. The van der Waals surface area contributed by atoms with E-state index in [0.717, 1.165) is 11.6 Å². The van der Waals surface area contributed by atoms with Crippen molar-refractivity contribution in [2.75, 3.05) is 18.4 Å². The molecule has 0 radical (unpaired) electrons. The van der Waals surface area contributed by atoms with Crippen molar-refractivity contribution >= 4 is 11.6 Å². The Labute approximate surface area is 143 Å². The number of carbonyl (C=O) groups excluding carboxylic acids is 1. The number of carbonyl (C=O) groups is 1. The van der Waals surface area contributed by atoms with Gasteiger partial charge in [0.15, 0.2) is 11.6 Å². The third-order valence-corrected chi connectivity index (χ3v) is 5.15. The van der Waals surface area contributed by atoms with Crippen molar-refractivity contribution in [3.05, 3.63) is 65.2 Å². The molecule has 1 fully saturated rings. The summed E-state index contributed by atoms with van der Waals surface area (Å²) in [5, 5.41) is 12.5. The summed E-state index contributed by atoms with van der Waals surface area (Å²) < 4.78 is 27.4. The van der Waals surface area contributed by atoms with Crippen molar-refractivity contribution in [3.63, 3.8) is 0 Å². The third-order valence-electron chi connectivity index (χ3n) is 5.15. The molecule has 0 bridgehead atoms. The SMILES string of the molecule is N#CC1CN(Cc2cccc(F)c2F)CC12C(=O)Nc1ccccc12. The van der Waals surface area contributed by atoms with E-state index in [2.05, 4.69) is 11.4 Å². The number of hydrogen-bond donors (Lipinski definition) is 1. The smallest absolute Gasteiger partial charge is 0.237 e. The first-order valence-electron chi connectivity index (χ1n) is 8.02. The van der Waals surface area contributed by atoms with Crippen molar-refractivity contribution < 1.29 is 13.6 Å². The number of nitrogens with one attached hydrogen (secondary N) is 1. The first-order valence-corrected chi connectivity index (χ1v) is 8.02. The fraction of sp³-hybridized carbons (Fsp3) is 0.263. The molecule has 0 aromatic heterocycles. The highest BCUT2D eigenvalue weighted by Gasteiger charge is 2.57. The highest BCUT2D eigenvalue weighted by molar-refractivity contribution is 6.07. The van der Waals surface area contributed by atoms with Crippen LogP contribution < -0.4 is 5.32 Å². The summed E-state index contributed by atoms with van der Waals surface area (Å²) in [5.74, 6) is -2.53. The molecule has 4 nitrogen and oxygen atoms in total. The average Bonchev–Trinajstić information content (AvgIpc) is 3.11. The predicted octanol–water partition coefficient (Wildman–Crippen LogP) is 2.81. The maximum atomic E-state index is 14.0. The van der Waals surface area contributed by atoms with Gasteiger partial charge in [-0.05, 0) is 17.7 Å². The van der Waals surface area contributed by atoms with Crippen LogP contribution in [-0.2, 0) is 16.8 Å². The van der Waals surface area contributed by atoms with Gasteiger partial charge in [0.25, 0.3) is 0 Å². The second kappa shape index (κ2) is 5.64. The van der Waals surface area contributed by atoms with Gasteiger partial charge < -0.3 is 5.32 Å². The van der Waals surface area contributed by atoms with Crippen LogP contribution in [0.5, 0.6) is 0 Å². The summed E-state index contributed by atoms with van der Waals surface area (Å²) in [6, 6.07) is 13.6. The number of rotatable bonds is 2. The maximum Gasteiger partial charge on any atom is 0.237 e. The van der Waals surface area contributed by atoms with Crippen LogP contribution in [-0.4, -0.2) is 23.9 Å². The Bertz CT molecular complexity index is 908. The van der Waals surface area contributed by atoms with Crippen molar-refractivity contribution in [1.82, 2.24) is 4.90 Å². The van der Waals surface area contributed by atoms with E-state index in [0.29, 0.717) is 18.8 Å². The monoisotopic (exact) mass is 339 g/mol. The Hall–Kier alpha value is -2.78. The number of fused-ring (bicyclic) bond motifs is 2. The molecule has 6 heteroatoms. The zero-order chi connectivity index (χ0) is 17.6. The van der Waals surface area contributed by atoms with Gasteiger partial charge in [-0.3, -0.25) is 9.69 Å². The summed E-state index contributed by atoms with van der Waals surface area (Å²) in [6.07, 6.45) is 0. The molecule has 4 rings (SSSR count). The van der Waals surface area contributed by atoms with Gasteiger partial charge in [-0.15, -0.1) is 0 Å². The van der Waals surface area contributed by atoms with Crippen LogP contribution in [0, 0.1) is 28.9 Å². The minimum Gasteiger partial charge on any atom is -0.325 e. The molecule has 126 valence electrons. The number of likely N-dealkylation sites (tertiary alicyclic amines) is 1. The van der Waals surface area contributed by atoms with E-state index < -0.39 is 23.0 Å². The molecule has 0 aliphatic carbocycles. The molecule has 2 heterocycles. The van der Waals surface area contributed by atoms with Gasteiger partial charge in [0.1, 0.15) is 5.41 Å². The van der Waals surface area contributed by atoms with Crippen LogP contribution in [0.2, 0.25) is 0 Å². The zero-order valence-electron chi connectivity index (χ0n) is 13.3. The Balaban J connectivity index is 1.69. The molecule has 2 unspecified atom stereocenters. The first kappa shape index (κ1) is 15.7. The van der Waals surface area contributed by atoms with E-state index >= 15 is 0 Å². The molecule has 25 heavy (non-hydrogen) atoms. The number of nitriles is 1. The van der Waals surface area contributed by atoms with E-state index in [1.807, 2.05) is 29.2 Å². The topological polar surface area (TPSA) is 56.1 Å². The lowest BCUT2D eigenvalue weighted by Crippen LogP contribution is -2.41. The summed E-state index contributed by atoms with van der Waals surface area (Å²) >= 11 is 0. The Kier molecular flexibility index (Phi) is 3.55. The van der Waals surface area contributed by atoms with Crippen LogP contribution in [0.4, 0.5) is 14.5 Å². The van der Waals surface area contributed by atoms with E-state index in [4.69, 9.17) is 0 Å². The Morgan fingerprint density at radius 1 is 1.24 bits per heavy atom. The summed E-state index contributed by atoms with van der Waals surface area (Å²) in [4.78, 5) is 14.6. The van der Waals surface area contributed by atoms with Crippen molar-refractivity contribution in [1.29, 1.82) is 5.26 Å². The molecule has 2 aliphatic rings. The Morgan fingerprint density at radius 2 is 2.04 bits per heavy atom. The van der Waals surface area contributed by atoms with Crippen molar-refractivity contribution in [3.8, 4) is 6.07 Å². The fourth-order valence-corrected chi connectivity index (χ4v) is 3.96. The summed E-state index contributed by atoms with van der Waals surface area (Å²) in [7, 11) is 0. The highest BCUT2D eigenvalue weighted by Crippen LogP contribution is 2.47. The van der Waals surface area contributed by atoms with Crippen molar-refractivity contribution in [2.45, 2.75) is 12.0 Å². The first-order chi connectivity index (χ1) is 12.1. The van der Waals surface area contributed by atoms with Gasteiger partial charge in [-0.25, -0.2) is 8.78 Å². The average molecular weight is 339 g/mol.